The van der Waals surface area contributed by atoms with Crippen LogP contribution >= 0.6 is 34.5 Å². The van der Waals surface area contributed by atoms with Gasteiger partial charge in [-0.2, -0.15) is 0 Å². The first-order chi connectivity index (χ1) is 9.95. The molecule has 0 spiro atoms. The molecule has 21 heavy (non-hydrogen) atoms. The van der Waals surface area contributed by atoms with Crippen molar-refractivity contribution in [2.75, 3.05) is 6.54 Å². The van der Waals surface area contributed by atoms with Crippen LogP contribution in [-0.2, 0) is 0 Å². The average molecular weight is 350 g/mol. The molecule has 1 N–H and O–H groups in total. The molecule has 1 aromatic heterocycles. The predicted octanol–water partition coefficient (Wildman–Crippen LogP) is 5.73. The zero-order chi connectivity index (χ0) is 15.6. The van der Waals surface area contributed by atoms with E-state index in [2.05, 4.69) is 5.32 Å². The second kappa shape index (κ2) is 7.05. The van der Waals surface area contributed by atoms with Crippen molar-refractivity contribution < 1.29 is 8.78 Å². The third-order valence-electron chi connectivity index (χ3n) is 3.21. The van der Waals surface area contributed by atoms with Crippen LogP contribution < -0.4 is 5.32 Å². The monoisotopic (exact) mass is 349 g/mol. The number of nitrogens with one attached hydrogen (secondary N) is 1. The highest BCUT2D eigenvalue weighted by atomic mass is 35.5. The maximum atomic E-state index is 14.3. The van der Waals surface area contributed by atoms with Crippen molar-refractivity contribution in [3.05, 3.63) is 55.2 Å². The molecule has 0 amide bonds. The highest BCUT2D eigenvalue weighted by molar-refractivity contribution is 7.20. The Labute approximate surface area is 136 Å². The summed E-state index contributed by atoms with van der Waals surface area (Å²) in [6.45, 7) is 4.19. The summed E-state index contributed by atoms with van der Waals surface area (Å²) in [5.74, 6) is -1.67. The summed E-state index contributed by atoms with van der Waals surface area (Å²) in [6, 6.07) is 4.33. The molecule has 0 aliphatic rings. The molecule has 0 aliphatic heterocycles. The van der Waals surface area contributed by atoms with Gasteiger partial charge in [-0.15, -0.1) is 11.3 Å². The fraction of sp³-hybridized carbons (Fsp3) is 0.333. The molecule has 1 heterocycles. The molecule has 114 valence electrons. The summed E-state index contributed by atoms with van der Waals surface area (Å²) >= 11 is 13.3. The minimum Gasteiger partial charge on any atom is -0.306 e. The van der Waals surface area contributed by atoms with Gasteiger partial charge in [0.25, 0.3) is 0 Å². The standard InChI is InChI=1S/C15H15Cl2F2NS/c1-3-6-20-14(10-7-11(16)21-15(10)17)9-5-4-8(2)12(18)13(9)19/h4-5,7,14,20H,3,6H2,1-2H3. The molecule has 0 fully saturated rings. The third-order valence-corrected chi connectivity index (χ3v) is 4.73. The van der Waals surface area contributed by atoms with Crippen LogP contribution in [0.15, 0.2) is 18.2 Å². The van der Waals surface area contributed by atoms with Gasteiger partial charge in [0, 0.05) is 11.1 Å². The Kier molecular flexibility index (Phi) is 5.60. The van der Waals surface area contributed by atoms with Gasteiger partial charge in [-0.25, -0.2) is 8.78 Å². The first-order valence-corrected chi connectivity index (χ1v) is 8.15. The Morgan fingerprint density at radius 3 is 2.48 bits per heavy atom. The lowest BCUT2D eigenvalue weighted by molar-refractivity contribution is 0.476. The molecule has 2 rings (SSSR count). The van der Waals surface area contributed by atoms with E-state index < -0.39 is 17.7 Å². The molecule has 2 aromatic rings. The van der Waals surface area contributed by atoms with Crippen molar-refractivity contribution in [1.29, 1.82) is 0 Å². The summed E-state index contributed by atoms with van der Waals surface area (Å²) in [5, 5.41) is 3.20. The third kappa shape index (κ3) is 3.57. The van der Waals surface area contributed by atoms with Crippen LogP contribution in [0.25, 0.3) is 0 Å². The van der Waals surface area contributed by atoms with Gasteiger partial charge in [-0.1, -0.05) is 42.3 Å². The largest absolute Gasteiger partial charge is 0.306 e. The zero-order valence-electron chi connectivity index (χ0n) is 11.6. The summed E-state index contributed by atoms with van der Waals surface area (Å²) in [6.07, 6.45) is 0.863. The van der Waals surface area contributed by atoms with Gasteiger partial charge in [0.15, 0.2) is 11.6 Å². The van der Waals surface area contributed by atoms with E-state index in [1.165, 1.54) is 18.3 Å². The predicted molar refractivity (Wildman–Crippen MR) is 85.6 cm³/mol. The van der Waals surface area contributed by atoms with Crippen LogP contribution in [-0.4, -0.2) is 6.54 Å². The molecule has 0 saturated heterocycles. The molecule has 6 heteroatoms. The average Bonchev–Trinajstić information content (AvgIpc) is 2.77. The molecule has 0 bridgehead atoms. The zero-order valence-corrected chi connectivity index (χ0v) is 14.0. The number of benzene rings is 1. The molecule has 1 atom stereocenters. The highest BCUT2D eigenvalue weighted by Crippen LogP contribution is 2.38. The first-order valence-electron chi connectivity index (χ1n) is 6.58. The number of halogens is 4. The van der Waals surface area contributed by atoms with Gasteiger partial charge in [-0.05, 0) is 31.5 Å². The first kappa shape index (κ1) is 16.7. The lowest BCUT2D eigenvalue weighted by atomic mass is 9.98. The minimum absolute atomic E-state index is 0.239. The van der Waals surface area contributed by atoms with Crippen LogP contribution in [0.2, 0.25) is 8.67 Å². The van der Waals surface area contributed by atoms with Gasteiger partial charge in [0.2, 0.25) is 0 Å². The fourth-order valence-electron chi connectivity index (χ4n) is 2.11. The van der Waals surface area contributed by atoms with E-state index in [1.54, 1.807) is 18.2 Å². The number of aryl methyl sites for hydroxylation is 1. The van der Waals surface area contributed by atoms with Crippen LogP contribution in [0.3, 0.4) is 0 Å². The number of hydrogen-bond acceptors (Lipinski definition) is 2. The Morgan fingerprint density at radius 1 is 1.19 bits per heavy atom. The Bertz CT molecular complexity index is 643. The van der Waals surface area contributed by atoms with E-state index in [9.17, 15) is 8.78 Å². The van der Waals surface area contributed by atoms with E-state index in [0.29, 0.717) is 20.8 Å². The molecular formula is C15H15Cl2F2NS. The van der Waals surface area contributed by atoms with E-state index in [0.717, 1.165) is 6.42 Å². The van der Waals surface area contributed by atoms with Crippen LogP contribution in [0, 0.1) is 18.6 Å². The second-order valence-electron chi connectivity index (χ2n) is 4.77. The van der Waals surface area contributed by atoms with Gasteiger partial charge in [0.1, 0.15) is 0 Å². The summed E-state index contributed by atoms with van der Waals surface area (Å²) in [4.78, 5) is 0. The van der Waals surface area contributed by atoms with Crippen molar-refractivity contribution in [2.45, 2.75) is 26.3 Å². The maximum absolute atomic E-state index is 14.3. The summed E-state index contributed by atoms with van der Waals surface area (Å²) in [5.41, 5.74) is 1.19. The molecular weight excluding hydrogens is 335 g/mol. The number of rotatable bonds is 5. The van der Waals surface area contributed by atoms with Crippen molar-refractivity contribution >= 4 is 34.5 Å². The molecule has 1 unspecified atom stereocenters. The van der Waals surface area contributed by atoms with Crippen molar-refractivity contribution in [1.82, 2.24) is 5.32 Å². The molecule has 1 aromatic carbocycles. The lowest BCUT2D eigenvalue weighted by Gasteiger charge is -2.20. The minimum atomic E-state index is -0.845. The topological polar surface area (TPSA) is 12.0 Å². The summed E-state index contributed by atoms with van der Waals surface area (Å²) < 4.78 is 29.1. The maximum Gasteiger partial charge on any atom is 0.164 e. The van der Waals surface area contributed by atoms with Gasteiger partial charge in [-0.3, -0.25) is 0 Å². The second-order valence-corrected chi connectivity index (χ2v) is 7.05. The highest BCUT2D eigenvalue weighted by Gasteiger charge is 2.24. The molecule has 0 saturated carbocycles. The van der Waals surface area contributed by atoms with E-state index >= 15 is 0 Å². The lowest BCUT2D eigenvalue weighted by Crippen LogP contribution is -2.24. The van der Waals surface area contributed by atoms with E-state index in [-0.39, 0.29) is 11.1 Å². The van der Waals surface area contributed by atoms with Crippen LogP contribution in [0.1, 0.15) is 36.1 Å². The molecule has 1 nitrogen and oxygen atoms in total. The smallest absolute Gasteiger partial charge is 0.164 e. The number of thiophene rings is 1. The Hall–Kier alpha value is -0.680. The molecule has 0 radical (unpaired) electrons. The van der Waals surface area contributed by atoms with E-state index in [4.69, 9.17) is 23.2 Å². The van der Waals surface area contributed by atoms with Crippen LogP contribution in [0.5, 0.6) is 0 Å². The SMILES string of the molecule is CCCNC(c1cc(Cl)sc1Cl)c1ccc(C)c(F)c1F. The van der Waals surface area contributed by atoms with Crippen molar-refractivity contribution in [2.24, 2.45) is 0 Å². The van der Waals surface area contributed by atoms with Gasteiger partial charge >= 0.3 is 0 Å². The van der Waals surface area contributed by atoms with E-state index in [1.807, 2.05) is 6.92 Å². The van der Waals surface area contributed by atoms with Gasteiger partial charge < -0.3 is 5.32 Å². The normalized spacial score (nSPS) is 12.7. The fourth-order valence-corrected chi connectivity index (χ4v) is 3.64. The van der Waals surface area contributed by atoms with Crippen molar-refractivity contribution in [3.63, 3.8) is 0 Å². The van der Waals surface area contributed by atoms with Crippen molar-refractivity contribution in [3.8, 4) is 0 Å². The van der Waals surface area contributed by atoms with Crippen LogP contribution in [0.4, 0.5) is 8.78 Å². The molecule has 0 aliphatic carbocycles. The van der Waals surface area contributed by atoms with Gasteiger partial charge in [0.05, 0.1) is 14.7 Å². The Morgan fingerprint density at radius 2 is 1.90 bits per heavy atom. The number of hydrogen-bond donors (Lipinski definition) is 1. The quantitative estimate of drug-likeness (QED) is 0.726. The summed E-state index contributed by atoms with van der Waals surface area (Å²) in [7, 11) is 0. The Balaban J connectivity index is 2.50.